The number of nitrogens with zero attached hydrogens (tertiary/aromatic N) is 2. The maximum Gasteiger partial charge on any atom is 0.298 e. The Labute approximate surface area is 116 Å². The number of carbonyl (C=O) groups excluding carboxylic acids is 1. The van der Waals surface area contributed by atoms with Crippen molar-refractivity contribution in [1.29, 1.82) is 0 Å². The second-order valence-electron chi connectivity index (χ2n) is 5.77. The van der Waals surface area contributed by atoms with Crippen LogP contribution in [0, 0.1) is 5.92 Å². The molecule has 1 aliphatic rings. The number of primary amides is 1. The van der Waals surface area contributed by atoms with Gasteiger partial charge in [-0.1, -0.05) is 6.07 Å². The van der Waals surface area contributed by atoms with E-state index in [-0.39, 0.29) is 5.92 Å². The predicted molar refractivity (Wildman–Crippen MR) is 74.5 cm³/mol. The number of aliphatic hydroxyl groups is 1. The molecule has 0 spiro atoms. The topological polar surface area (TPSA) is 92.6 Å². The average molecular weight is 275 g/mol. The summed E-state index contributed by atoms with van der Waals surface area (Å²) in [6.07, 6.45) is 0. The minimum Gasteiger partial charge on any atom is -0.423 e. The molecule has 3 rings (SSSR count). The zero-order valence-electron chi connectivity index (χ0n) is 11.5. The largest absolute Gasteiger partial charge is 0.423 e. The van der Waals surface area contributed by atoms with Crippen LogP contribution in [-0.2, 0) is 0 Å². The highest BCUT2D eigenvalue weighted by atomic mass is 16.4. The fraction of sp³-hybridized carbons (Fsp3) is 0.429. The summed E-state index contributed by atoms with van der Waals surface area (Å²) in [4.78, 5) is 17.6. The van der Waals surface area contributed by atoms with Gasteiger partial charge in [-0.2, -0.15) is 4.98 Å². The molecule has 0 aliphatic carbocycles. The van der Waals surface area contributed by atoms with Crippen LogP contribution in [0.25, 0.3) is 11.1 Å². The number of hydrogen-bond acceptors (Lipinski definition) is 5. The third-order valence-electron chi connectivity index (χ3n) is 3.82. The van der Waals surface area contributed by atoms with Crippen molar-refractivity contribution in [2.24, 2.45) is 11.7 Å². The predicted octanol–water partition coefficient (Wildman–Crippen LogP) is 1.13. The molecule has 0 unspecified atom stereocenters. The Morgan fingerprint density at radius 3 is 2.80 bits per heavy atom. The van der Waals surface area contributed by atoms with E-state index < -0.39 is 11.5 Å². The number of rotatable bonds is 3. The lowest BCUT2D eigenvalue weighted by atomic mass is 9.85. The molecule has 6 nitrogen and oxygen atoms in total. The van der Waals surface area contributed by atoms with Gasteiger partial charge in [0.15, 0.2) is 5.58 Å². The highest BCUT2D eigenvalue weighted by Crippen LogP contribution is 2.33. The number of nitrogens with two attached hydrogens (primary N) is 1. The molecule has 0 atom stereocenters. The molecule has 1 aromatic heterocycles. The number of hydrogen-bond donors (Lipinski definition) is 2. The molecule has 106 valence electrons. The summed E-state index contributed by atoms with van der Waals surface area (Å²) in [6, 6.07) is 5.57. The lowest BCUT2D eigenvalue weighted by molar-refractivity contribution is 0.00337. The van der Waals surface area contributed by atoms with Gasteiger partial charge >= 0.3 is 0 Å². The quantitative estimate of drug-likeness (QED) is 0.876. The summed E-state index contributed by atoms with van der Waals surface area (Å²) in [7, 11) is 0. The number of carbonyl (C=O) groups is 1. The van der Waals surface area contributed by atoms with Gasteiger partial charge in [-0.25, -0.2) is 0 Å². The molecule has 1 aliphatic heterocycles. The maximum atomic E-state index is 11.4. The molecule has 2 aromatic rings. The molecule has 0 radical (unpaired) electrons. The molecule has 0 saturated carbocycles. The number of aromatic nitrogens is 1. The third-order valence-corrected chi connectivity index (χ3v) is 3.82. The Bertz CT molecular complexity index is 666. The van der Waals surface area contributed by atoms with E-state index in [9.17, 15) is 9.90 Å². The number of anilines is 1. The fourth-order valence-electron chi connectivity index (χ4n) is 2.35. The fourth-order valence-corrected chi connectivity index (χ4v) is 2.35. The van der Waals surface area contributed by atoms with E-state index in [4.69, 9.17) is 10.2 Å². The van der Waals surface area contributed by atoms with Crippen LogP contribution < -0.4 is 10.6 Å². The van der Waals surface area contributed by atoms with E-state index in [2.05, 4.69) is 4.98 Å². The van der Waals surface area contributed by atoms with Crippen LogP contribution in [0.2, 0.25) is 0 Å². The van der Waals surface area contributed by atoms with Crippen LogP contribution >= 0.6 is 0 Å². The lowest BCUT2D eigenvalue weighted by Gasteiger charge is -2.44. The lowest BCUT2D eigenvalue weighted by Crippen LogP contribution is -2.56. The Morgan fingerprint density at radius 1 is 1.50 bits per heavy atom. The SMILES string of the molecule is CC(C)(O)C1CN(c2nc3c(C(N)=O)cccc3o2)C1. The van der Waals surface area contributed by atoms with Crippen molar-refractivity contribution in [3.05, 3.63) is 23.8 Å². The van der Waals surface area contributed by atoms with Gasteiger partial charge in [0.25, 0.3) is 11.9 Å². The Morgan fingerprint density at radius 2 is 2.20 bits per heavy atom. The minimum atomic E-state index is -0.707. The molecule has 20 heavy (non-hydrogen) atoms. The summed E-state index contributed by atoms with van der Waals surface area (Å²) >= 11 is 0. The summed E-state index contributed by atoms with van der Waals surface area (Å²) in [6.45, 7) is 4.96. The minimum absolute atomic E-state index is 0.188. The number of fused-ring (bicyclic) bond motifs is 1. The van der Waals surface area contributed by atoms with Crippen LogP contribution in [0.3, 0.4) is 0 Å². The van der Waals surface area contributed by atoms with E-state index in [0.717, 1.165) is 0 Å². The van der Waals surface area contributed by atoms with E-state index in [1.807, 2.05) is 4.90 Å². The highest BCUT2D eigenvalue weighted by molar-refractivity contribution is 6.03. The molecular weight excluding hydrogens is 258 g/mol. The first-order chi connectivity index (χ1) is 9.36. The van der Waals surface area contributed by atoms with Crippen molar-refractivity contribution in [2.45, 2.75) is 19.4 Å². The van der Waals surface area contributed by atoms with E-state index in [1.54, 1.807) is 32.0 Å². The van der Waals surface area contributed by atoms with Crippen LogP contribution in [0.1, 0.15) is 24.2 Å². The smallest absolute Gasteiger partial charge is 0.298 e. The monoisotopic (exact) mass is 275 g/mol. The number of oxazole rings is 1. The molecule has 1 fully saturated rings. The second-order valence-corrected chi connectivity index (χ2v) is 5.77. The molecule has 1 aromatic carbocycles. The molecule has 2 heterocycles. The van der Waals surface area contributed by atoms with E-state index in [1.165, 1.54) is 0 Å². The zero-order chi connectivity index (χ0) is 14.5. The first-order valence-corrected chi connectivity index (χ1v) is 6.53. The third kappa shape index (κ3) is 2.02. The number of para-hydroxylation sites is 1. The van der Waals surface area contributed by atoms with Crippen LogP contribution in [-0.4, -0.2) is 34.7 Å². The van der Waals surface area contributed by atoms with Gasteiger partial charge in [0, 0.05) is 19.0 Å². The molecular formula is C14H17N3O3. The van der Waals surface area contributed by atoms with Gasteiger partial charge in [0.2, 0.25) is 0 Å². The standard InChI is InChI=1S/C14H17N3O3/c1-14(2,19)8-6-17(7-8)13-16-11-9(12(15)18)4-3-5-10(11)20-13/h3-5,8,19H,6-7H2,1-2H3,(H2,15,18). The zero-order valence-corrected chi connectivity index (χ0v) is 11.5. The van der Waals surface area contributed by atoms with Crippen molar-refractivity contribution in [3.63, 3.8) is 0 Å². The number of amides is 1. The van der Waals surface area contributed by atoms with Gasteiger partial charge in [-0.05, 0) is 26.0 Å². The maximum absolute atomic E-state index is 11.4. The van der Waals surface area contributed by atoms with Gasteiger partial charge < -0.3 is 20.2 Å². The summed E-state index contributed by atoms with van der Waals surface area (Å²) in [5.74, 6) is -0.332. The second kappa shape index (κ2) is 4.21. The number of benzene rings is 1. The van der Waals surface area contributed by atoms with Crippen molar-refractivity contribution in [2.75, 3.05) is 18.0 Å². The molecule has 3 N–H and O–H groups in total. The molecule has 1 saturated heterocycles. The summed E-state index contributed by atoms with van der Waals surface area (Å²) in [5.41, 5.74) is 6.01. The molecule has 0 bridgehead atoms. The van der Waals surface area contributed by atoms with Gasteiger partial charge in [-0.3, -0.25) is 4.79 Å². The van der Waals surface area contributed by atoms with Crippen molar-refractivity contribution >= 4 is 23.0 Å². The summed E-state index contributed by atoms with van der Waals surface area (Å²) < 4.78 is 5.65. The Kier molecular flexibility index (Phi) is 2.72. The Balaban J connectivity index is 1.88. The van der Waals surface area contributed by atoms with Crippen molar-refractivity contribution in [3.8, 4) is 0 Å². The van der Waals surface area contributed by atoms with Crippen LogP contribution in [0.4, 0.5) is 6.01 Å². The Hall–Kier alpha value is -2.08. The van der Waals surface area contributed by atoms with Crippen molar-refractivity contribution < 1.29 is 14.3 Å². The first kappa shape index (κ1) is 12.9. The van der Waals surface area contributed by atoms with Gasteiger partial charge in [-0.15, -0.1) is 0 Å². The van der Waals surface area contributed by atoms with Gasteiger partial charge in [0.1, 0.15) is 5.52 Å². The summed E-state index contributed by atoms with van der Waals surface area (Å²) in [5, 5.41) is 9.92. The molecule has 1 amide bonds. The van der Waals surface area contributed by atoms with E-state index in [0.29, 0.717) is 35.8 Å². The van der Waals surface area contributed by atoms with E-state index >= 15 is 0 Å². The average Bonchev–Trinajstić information content (AvgIpc) is 2.66. The highest BCUT2D eigenvalue weighted by Gasteiger charge is 2.39. The van der Waals surface area contributed by atoms with Crippen molar-refractivity contribution in [1.82, 2.24) is 4.98 Å². The normalized spacial score (nSPS) is 16.4. The van der Waals surface area contributed by atoms with Crippen LogP contribution in [0.15, 0.2) is 22.6 Å². The molecule has 6 heteroatoms. The van der Waals surface area contributed by atoms with Gasteiger partial charge in [0.05, 0.1) is 11.2 Å². The van der Waals surface area contributed by atoms with Crippen LogP contribution in [0.5, 0.6) is 0 Å². The first-order valence-electron chi connectivity index (χ1n) is 6.53.